The fraction of sp³-hybridized carbons (Fsp3) is 0.467. The summed E-state index contributed by atoms with van der Waals surface area (Å²) >= 11 is 0. The monoisotopic (exact) mass is 242 g/mol. The van der Waals surface area contributed by atoms with Crippen LogP contribution in [0.15, 0.2) is 18.2 Å². The topological polar surface area (TPSA) is 56.8 Å². The molecule has 0 aliphatic heterocycles. The molecule has 0 fully saturated rings. The second kappa shape index (κ2) is 8.14. The summed E-state index contributed by atoms with van der Waals surface area (Å²) in [6.07, 6.45) is 5.84. The Balaban J connectivity index is 2.48. The first kappa shape index (κ1) is 14.1. The van der Waals surface area contributed by atoms with Crippen LogP contribution in [-0.4, -0.2) is 6.61 Å². The zero-order valence-corrected chi connectivity index (χ0v) is 10.8. The Kier molecular flexibility index (Phi) is 6.36. The van der Waals surface area contributed by atoms with Gasteiger partial charge in [0.1, 0.15) is 23.5 Å². The molecule has 0 unspecified atom stereocenters. The number of rotatable bonds is 7. The molecule has 1 aromatic rings. The van der Waals surface area contributed by atoms with Gasteiger partial charge in [-0.3, -0.25) is 0 Å². The Morgan fingerprint density at radius 1 is 1.06 bits per heavy atom. The van der Waals surface area contributed by atoms with Crippen molar-refractivity contribution in [3.63, 3.8) is 0 Å². The van der Waals surface area contributed by atoms with Gasteiger partial charge in [-0.25, -0.2) is 0 Å². The minimum atomic E-state index is 0.341. The minimum Gasteiger partial charge on any atom is -0.492 e. The van der Waals surface area contributed by atoms with E-state index in [0.29, 0.717) is 23.5 Å². The van der Waals surface area contributed by atoms with Gasteiger partial charge in [0, 0.05) is 0 Å². The van der Waals surface area contributed by atoms with Gasteiger partial charge in [-0.2, -0.15) is 10.5 Å². The van der Waals surface area contributed by atoms with Gasteiger partial charge in [-0.1, -0.05) is 38.7 Å². The third-order valence-electron chi connectivity index (χ3n) is 2.76. The summed E-state index contributed by atoms with van der Waals surface area (Å²) in [7, 11) is 0. The molecule has 1 aromatic carbocycles. The molecule has 0 aliphatic carbocycles. The first-order chi connectivity index (χ1) is 8.83. The molecule has 1 rings (SSSR count). The quantitative estimate of drug-likeness (QED) is 0.684. The van der Waals surface area contributed by atoms with Crippen LogP contribution in [0, 0.1) is 22.7 Å². The molecule has 0 spiro atoms. The number of nitriles is 2. The normalized spacial score (nSPS) is 9.50. The highest BCUT2D eigenvalue weighted by atomic mass is 16.5. The van der Waals surface area contributed by atoms with Crippen molar-refractivity contribution in [3.8, 4) is 17.9 Å². The number of nitrogens with zero attached hydrogens (tertiary/aromatic N) is 2. The van der Waals surface area contributed by atoms with Crippen LogP contribution in [0.5, 0.6) is 5.75 Å². The second-order valence-electron chi connectivity index (χ2n) is 4.16. The Bertz CT molecular complexity index is 455. The average molecular weight is 242 g/mol. The van der Waals surface area contributed by atoms with Crippen molar-refractivity contribution in [1.82, 2.24) is 0 Å². The highest BCUT2D eigenvalue weighted by molar-refractivity contribution is 5.53. The molecule has 3 heteroatoms. The Hall–Kier alpha value is -2.00. The summed E-state index contributed by atoms with van der Waals surface area (Å²) in [5.41, 5.74) is 0.717. The molecule has 0 amide bonds. The summed E-state index contributed by atoms with van der Waals surface area (Å²) < 4.78 is 5.58. The van der Waals surface area contributed by atoms with Crippen molar-refractivity contribution in [3.05, 3.63) is 29.3 Å². The second-order valence-corrected chi connectivity index (χ2v) is 4.16. The summed E-state index contributed by atoms with van der Waals surface area (Å²) in [5, 5.41) is 17.9. The van der Waals surface area contributed by atoms with Crippen LogP contribution in [0.1, 0.15) is 50.2 Å². The maximum Gasteiger partial charge on any atom is 0.138 e. The molecule has 94 valence electrons. The first-order valence-corrected chi connectivity index (χ1v) is 6.39. The fourth-order valence-corrected chi connectivity index (χ4v) is 1.75. The Morgan fingerprint density at radius 3 is 2.50 bits per heavy atom. The molecule has 0 bridgehead atoms. The standard InChI is InChI=1S/C15H18N2O/c1-2-3-4-5-6-10-18-15-9-7-8-13(11-16)14(15)12-17/h7-9H,2-6,10H2,1H3. The van der Waals surface area contributed by atoms with Crippen molar-refractivity contribution in [1.29, 1.82) is 10.5 Å². The summed E-state index contributed by atoms with van der Waals surface area (Å²) in [6, 6.07) is 9.15. The predicted molar refractivity (Wildman–Crippen MR) is 70.1 cm³/mol. The lowest BCUT2D eigenvalue weighted by atomic mass is 10.1. The van der Waals surface area contributed by atoms with Crippen LogP contribution in [0.4, 0.5) is 0 Å². The molecule has 0 aromatic heterocycles. The van der Waals surface area contributed by atoms with E-state index in [2.05, 4.69) is 6.92 Å². The van der Waals surface area contributed by atoms with Crippen molar-refractivity contribution < 1.29 is 4.74 Å². The fourth-order valence-electron chi connectivity index (χ4n) is 1.75. The average Bonchev–Trinajstić information content (AvgIpc) is 2.42. The molecule has 0 saturated carbocycles. The molecule has 3 nitrogen and oxygen atoms in total. The summed E-state index contributed by atoms with van der Waals surface area (Å²) in [5.74, 6) is 0.520. The van der Waals surface area contributed by atoms with Gasteiger partial charge < -0.3 is 4.74 Å². The Morgan fingerprint density at radius 2 is 1.83 bits per heavy atom. The van der Waals surface area contributed by atoms with E-state index in [9.17, 15) is 0 Å². The van der Waals surface area contributed by atoms with Gasteiger partial charge in [0.05, 0.1) is 12.2 Å². The van der Waals surface area contributed by atoms with Crippen molar-refractivity contribution >= 4 is 0 Å². The molecule has 0 atom stereocenters. The van der Waals surface area contributed by atoms with E-state index in [-0.39, 0.29) is 0 Å². The third-order valence-corrected chi connectivity index (χ3v) is 2.76. The van der Waals surface area contributed by atoms with Gasteiger partial charge in [0.25, 0.3) is 0 Å². The minimum absolute atomic E-state index is 0.341. The number of ether oxygens (including phenoxy) is 1. The largest absolute Gasteiger partial charge is 0.492 e. The van der Waals surface area contributed by atoms with Gasteiger partial charge >= 0.3 is 0 Å². The highest BCUT2D eigenvalue weighted by Gasteiger charge is 2.08. The van der Waals surface area contributed by atoms with Crippen LogP contribution in [-0.2, 0) is 0 Å². The van der Waals surface area contributed by atoms with Crippen LogP contribution >= 0.6 is 0 Å². The molecule has 0 radical (unpaired) electrons. The molecule has 0 N–H and O–H groups in total. The van der Waals surface area contributed by atoms with E-state index < -0.39 is 0 Å². The first-order valence-electron chi connectivity index (χ1n) is 6.39. The van der Waals surface area contributed by atoms with E-state index >= 15 is 0 Å². The lowest BCUT2D eigenvalue weighted by molar-refractivity contribution is 0.303. The van der Waals surface area contributed by atoms with E-state index in [4.69, 9.17) is 15.3 Å². The smallest absolute Gasteiger partial charge is 0.138 e. The van der Waals surface area contributed by atoms with Gasteiger partial charge in [-0.05, 0) is 18.6 Å². The van der Waals surface area contributed by atoms with Crippen LogP contribution in [0.25, 0.3) is 0 Å². The van der Waals surface area contributed by atoms with Crippen molar-refractivity contribution in [2.75, 3.05) is 6.61 Å². The number of hydrogen-bond acceptors (Lipinski definition) is 3. The molecule has 18 heavy (non-hydrogen) atoms. The van der Waals surface area contributed by atoms with Gasteiger partial charge in [-0.15, -0.1) is 0 Å². The van der Waals surface area contributed by atoms with E-state index in [1.165, 1.54) is 19.3 Å². The lowest BCUT2D eigenvalue weighted by Gasteiger charge is -2.08. The van der Waals surface area contributed by atoms with Gasteiger partial charge in [0.2, 0.25) is 0 Å². The van der Waals surface area contributed by atoms with E-state index in [0.717, 1.165) is 12.8 Å². The molecule has 0 saturated heterocycles. The molecule has 0 aliphatic rings. The molecular formula is C15H18N2O. The predicted octanol–water partition coefficient (Wildman–Crippen LogP) is 3.78. The van der Waals surface area contributed by atoms with E-state index in [1.807, 2.05) is 12.1 Å². The number of unbranched alkanes of at least 4 members (excludes halogenated alkanes) is 4. The summed E-state index contributed by atoms with van der Waals surface area (Å²) in [6.45, 7) is 2.79. The van der Waals surface area contributed by atoms with Crippen molar-refractivity contribution in [2.24, 2.45) is 0 Å². The van der Waals surface area contributed by atoms with Crippen LogP contribution in [0.2, 0.25) is 0 Å². The highest BCUT2D eigenvalue weighted by Crippen LogP contribution is 2.21. The SMILES string of the molecule is CCCCCCCOc1cccc(C#N)c1C#N. The van der Waals surface area contributed by atoms with Crippen LogP contribution in [0.3, 0.4) is 0 Å². The van der Waals surface area contributed by atoms with E-state index in [1.54, 1.807) is 18.2 Å². The zero-order valence-electron chi connectivity index (χ0n) is 10.8. The van der Waals surface area contributed by atoms with Crippen molar-refractivity contribution in [2.45, 2.75) is 39.0 Å². The molecular weight excluding hydrogens is 224 g/mol. The summed E-state index contributed by atoms with van der Waals surface area (Å²) in [4.78, 5) is 0. The zero-order chi connectivity index (χ0) is 13.2. The molecule has 0 heterocycles. The number of hydrogen-bond donors (Lipinski definition) is 0. The Labute approximate surface area is 109 Å². The third kappa shape index (κ3) is 4.11. The lowest BCUT2D eigenvalue weighted by Crippen LogP contribution is -2.00. The number of benzene rings is 1. The maximum atomic E-state index is 9.02. The van der Waals surface area contributed by atoms with Gasteiger partial charge in [0.15, 0.2) is 0 Å². The van der Waals surface area contributed by atoms with Crippen LogP contribution < -0.4 is 4.74 Å². The maximum absolute atomic E-state index is 9.02.